The molecular weight excluding hydrogens is 487 g/mol. The molecule has 5 nitrogen and oxygen atoms in total. The molecule has 168 valence electrons. The maximum atomic E-state index is 13.4. The molecule has 0 unspecified atom stereocenters. The van der Waals surface area contributed by atoms with E-state index in [4.69, 9.17) is 9.47 Å². The van der Waals surface area contributed by atoms with Crippen molar-refractivity contribution >= 4 is 33.6 Å². The number of amides is 1. The molecule has 0 radical (unpaired) electrons. The van der Waals surface area contributed by atoms with Gasteiger partial charge in [0, 0.05) is 5.69 Å². The van der Waals surface area contributed by atoms with Gasteiger partial charge in [0.15, 0.2) is 11.5 Å². The van der Waals surface area contributed by atoms with E-state index in [0.717, 1.165) is 11.1 Å². The fourth-order valence-electron chi connectivity index (χ4n) is 3.20. The summed E-state index contributed by atoms with van der Waals surface area (Å²) < 4.78 is 25.2. The molecule has 0 bridgehead atoms. The molecule has 3 rings (SSSR count). The predicted octanol–water partition coefficient (Wildman–Crippen LogP) is 6.34. The number of nitrogens with zero attached hydrogens (tertiary/aromatic N) is 1. The molecule has 0 aliphatic carbocycles. The number of hydrogen-bond acceptors (Lipinski definition) is 4. The quantitative estimate of drug-likeness (QED) is 0.298. The second kappa shape index (κ2) is 10.8. The van der Waals surface area contributed by atoms with Crippen LogP contribution in [0.25, 0.3) is 6.08 Å². The van der Waals surface area contributed by atoms with Crippen molar-refractivity contribution < 1.29 is 18.7 Å². The minimum absolute atomic E-state index is 0.0580. The van der Waals surface area contributed by atoms with Crippen LogP contribution in [0, 0.1) is 31.0 Å². The lowest BCUT2D eigenvalue weighted by atomic mass is 10.1. The topological polar surface area (TPSA) is 71.3 Å². The van der Waals surface area contributed by atoms with Gasteiger partial charge in [-0.2, -0.15) is 5.26 Å². The fraction of sp³-hybridized carbons (Fsp3) is 0.154. The number of halogens is 2. The predicted molar refractivity (Wildman–Crippen MR) is 130 cm³/mol. The smallest absolute Gasteiger partial charge is 0.266 e. The average Bonchev–Trinajstić information content (AvgIpc) is 2.78. The lowest BCUT2D eigenvalue weighted by molar-refractivity contribution is -0.112. The zero-order valence-corrected chi connectivity index (χ0v) is 20.0. The lowest BCUT2D eigenvalue weighted by Gasteiger charge is -2.14. The lowest BCUT2D eigenvalue weighted by Crippen LogP contribution is -2.14. The summed E-state index contributed by atoms with van der Waals surface area (Å²) in [5.41, 5.74) is 3.82. The van der Waals surface area contributed by atoms with Crippen LogP contribution in [0.3, 0.4) is 0 Å². The van der Waals surface area contributed by atoms with E-state index in [0.29, 0.717) is 32.8 Å². The van der Waals surface area contributed by atoms with Crippen molar-refractivity contribution in [3.8, 4) is 17.6 Å². The Hall–Kier alpha value is -3.63. The Balaban J connectivity index is 1.83. The van der Waals surface area contributed by atoms with Crippen LogP contribution in [0.15, 0.2) is 64.6 Å². The summed E-state index contributed by atoms with van der Waals surface area (Å²) in [6, 6.07) is 17.1. The van der Waals surface area contributed by atoms with Gasteiger partial charge in [0.25, 0.3) is 5.91 Å². The number of carbonyl (C=O) groups excluding carboxylic acids is 1. The molecule has 0 aliphatic rings. The maximum Gasteiger partial charge on any atom is 0.266 e. The zero-order chi connectivity index (χ0) is 24.0. The fourth-order valence-corrected chi connectivity index (χ4v) is 3.78. The van der Waals surface area contributed by atoms with Crippen LogP contribution >= 0.6 is 15.9 Å². The summed E-state index contributed by atoms with van der Waals surface area (Å²) >= 11 is 3.45. The van der Waals surface area contributed by atoms with Gasteiger partial charge in [0.1, 0.15) is 24.1 Å². The number of hydrogen-bond donors (Lipinski definition) is 1. The van der Waals surface area contributed by atoms with Crippen LogP contribution in [0.4, 0.5) is 10.1 Å². The summed E-state index contributed by atoms with van der Waals surface area (Å²) in [4.78, 5) is 12.7. The van der Waals surface area contributed by atoms with E-state index in [2.05, 4.69) is 21.2 Å². The third kappa shape index (κ3) is 6.21. The number of anilines is 1. The van der Waals surface area contributed by atoms with Crippen molar-refractivity contribution in [3.05, 3.63) is 92.7 Å². The van der Waals surface area contributed by atoms with Crippen molar-refractivity contribution in [2.45, 2.75) is 20.5 Å². The number of nitriles is 1. The van der Waals surface area contributed by atoms with Crippen LogP contribution in [-0.2, 0) is 11.4 Å². The molecule has 3 aromatic rings. The molecule has 0 saturated carbocycles. The highest BCUT2D eigenvalue weighted by Crippen LogP contribution is 2.38. The minimum atomic E-state index is -0.508. The Kier molecular flexibility index (Phi) is 7.86. The number of benzene rings is 3. The monoisotopic (exact) mass is 508 g/mol. The van der Waals surface area contributed by atoms with Crippen molar-refractivity contribution in [1.82, 2.24) is 0 Å². The first-order chi connectivity index (χ1) is 15.8. The van der Waals surface area contributed by atoms with Gasteiger partial charge in [-0.25, -0.2) is 4.39 Å². The van der Waals surface area contributed by atoms with Crippen molar-refractivity contribution in [2.75, 3.05) is 12.4 Å². The van der Waals surface area contributed by atoms with Crippen LogP contribution in [-0.4, -0.2) is 13.0 Å². The number of methoxy groups -OCH3 is 1. The van der Waals surface area contributed by atoms with Crippen LogP contribution in [0.1, 0.15) is 22.3 Å². The zero-order valence-electron chi connectivity index (χ0n) is 18.4. The molecular formula is C26H22BrFN2O3. The molecule has 7 heteroatoms. The van der Waals surface area contributed by atoms with Gasteiger partial charge in [-0.05, 0) is 82.9 Å². The normalized spacial score (nSPS) is 11.0. The van der Waals surface area contributed by atoms with Gasteiger partial charge in [0.2, 0.25) is 0 Å². The molecule has 1 amide bonds. The van der Waals surface area contributed by atoms with E-state index in [1.807, 2.05) is 38.1 Å². The second-order valence-corrected chi connectivity index (χ2v) is 8.25. The van der Waals surface area contributed by atoms with E-state index in [1.165, 1.54) is 25.3 Å². The van der Waals surface area contributed by atoms with Gasteiger partial charge in [-0.15, -0.1) is 0 Å². The first kappa shape index (κ1) is 24.0. The van der Waals surface area contributed by atoms with Crippen LogP contribution in [0.2, 0.25) is 0 Å². The van der Waals surface area contributed by atoms with Crippen molar-refractivity contribution in [2.24, 2.45) is 0 Å². The highest BCUT2D eigenvalue weighted by Gasteiger charge is 2.15. The van der Waals surface area contributed by atoms with Gasteiger partial charge in [-0.3, -0.25) is 4.79 Å². The van der Waals surface area contributed by atoms with Gasteiger partial charge in [-0.1, -0.05) is 29.8 Å². The second-order valence-electron chi connectivity index (χ2n) is 7.40. The Morgan fingerprint density at radius 2 is 1.97 bits per heavy atom. The highest BCUT2D eigenvalue weighted by atomic mass is 79.9. The molecule has 0 fully saturated rings. The maximum absolute atomic E-state index is 13.4. The van der Waals surface area contributed by atoms with Gasteiger partial charge in [0.05, 0.1) is 11.6 Å². The van der Waals surface area contributed by atoms with Gasteiger partial charge < -0.3 is 14.8 Å². The summed E-state index contributed by atoms with van der Waals surface area (Å²) in [5, 5.41) is 12.3. The average molecular weight is 509 g/mol. The Morgan fingerprint density at radius 3 is 2.64 bits per heavy atom. The van der Waals surface area contributed by atoms with E-state index < -0.39 is 5.91 Å². The standard InChI is InChI=1S/C26H22BrFN2O3/c1-16-7-8-23(17(2)9-16)30-26(31)20(14-29)10-19-12-22(27)25(24(13-19)32-3)33-15-18-5-4-6-21(28)11-18/h4-13H,15H2,1-3H3,(H,30,31)/b20-10+. The van der Waals surface area contributed by atoms with Crippen LogP contribution in [0.5, 0.6) is 11.5 Å². The van der Waals surface area contributed by atoms with E-state index in [9.17, 15) is 14.4 Å². The van der Waals surface area contributed by atoms with E-state index >= 15 is 0 Å². The van der Waals surface area contributed by atoms with Crippen molar-refractivity contribution in [1.29, 1.82) is 5.26 Å². The number of aryl methyl sites for hydroxylation is 2. The summed E-state index contributed by atoms with van der Waals surface area (Å²) in [6.07, 6.45) is 1.47. The molecule has 0 atom stereocenters. The molecule has 0 saturated heterocycles. The van der Waals surface area contributed by atoms with Crippen molar-refractivity contribution in [3.63, 3.8) is 0 Å². The first-order valence-electron chi connectivity index (χ1n) is 10.1. The summed E-state index contributed by atoms with van der Waals surface area (Å²) in [5.74, 6) is -0.0204. The number of carbonyl (C=O) groups is 1. The summed E-state index contributed by atoms with van der Waals surface area (Å²) in [6.45, 7) is 4.00. The number of rotatable bonds is 7. The molecule has 0 aromatic heterocycles. The Bertz CT molecular complexity index is 1260. The van der Waals surface area contributed by atoms with E-state index in [-0.39, 0.29) is 18.0 Å². The third-order valence-corrected chi connectivity index (χ3v) is 5.42. The largest absolute Gasteiger partial charge is 0.493 e. The molecule has 0 heterocycles. The molecule has 3 aromatic carbocycles. The Morgan fingerprint density at radius 1 is 1.18 bits per heavy atom. The molecule has 0 spiro atoms. The minimum Gasteiger partial charge on any atom is -0.493 e. The number of nitrogens with one attached hydrogen (secondary N) is 1. The van der Waals surface area contributed by atoms with Crippen LogP contribution < -0.4 is 14.8 Å². The third-order valence-electron chi connectivity index (χ3n) is 4.83. The molecule has 0 aliphatic heterocycles. The van der Waals surface area contributed by atoms with Gasteiger partial charge >= 0.3 is 0 Å². The molecule has 1 N–H and O–H groups in total. The number of ether oxygens (including phenoxy) is 2. The van der Waals surface area contributed by atoms with E-state index in [1.54, 1.807) is 24.3 Å². The SMILES string of the molecule is COc1cc(/C=C(\C#N)C(=O)Nc2ccc(C)cc2C)cc(Br)c1OCc1cccc(F)c1. The summed E-state index contributed by atoms with van der Waals surface area (Å²) in [7, 11) is 1.49. The Labute approximate surface area is 200 Å². The first-order valence-corrected chi connectivity index (χ1v) is 10.8. The molecule has 33 heavy (non-hydrogen) atoms. The highest BCUT2D eigenvalue weighted by molar-refractivity contribution is 9.10.